The van der Waals surface area contributed by atoms with Crippen molar-refractivity contribution in [3.8, 4) is 0 Å². The molecule has 1 fully saturated rings. The van der Waals surface area contributed by atoms with Crippen molar-refractivity contribution < 1.29 is 13.9 Å². The molecule has 1 aliphatic carbocycles. The molecule has 0 aliphatic heterocycles. The van der Waals surface area contributed by atoms with Gasteiger partial charge in [0, 0.05) is 18.9 Å². The number of para-hydroxylation sites is 1. The van der Waals surface area contributed by atoms with E-state index in [9.17, 15) is 4.79 Å². The molecule has 2 aromatic rings. The summed E-state index contributed by atoms with van der Waals surface area (Å²) in [6.07, 6.45) is 2.76. The molecule has 0 bridgehead atoms. The van der Waals surface area contributed by atoms with Crippen molar-refractivity contribution in [2.75, 3.05) is 13.7 Å². The van der Waals surface area contributed by atoms with E-state index in [1.165, 1.54) is 12.8 Å². The lowest BCUT2D eigenvalue weighted by Gasteiger charge is -2.13. The number of amides is 1. The Morgan fingerprint density at radius 2 is 2.25 bits per heavy atom. The predicted molar refractivity (Wildman–Crippen MR) is 76.3 cm³/mol. The van der Waals surface area contributed by atoms with Gasteiger partial charge in [0.05, 0.1) is 6.54 Å². The van der Waals surface area contributed by atoms with Crippen molar-refractivity contribution in [3.05, 3.63) is 36.1 Å². The summed E-state index contributed by atoms with van der Waals surface area (Å²) in [5, 5.41) is 3.97. The average Bonchev–Trinajstić information content (AvgIpc) is 3.15. The number of nitrogens with one attached hydrogen (secondary N) is 1. The fourth-order valence-electron chi connectivity index (χ4n) is 2.32. The van der Waals surface area contributed by atoms with Gasteiger partial charge in [-0.25, -0.2) is 0 Å². The molecule has 4 nitrogen and oxygen atoms in total. The van der Waals surface area contributed by atoms with E-state index in [1.54, 1.807) is 7.11 Å². The van der Waals surface area contributed by atoms with Gasteiger partial charge in [-0.05, 0) is 30.9 Å². The highest BCUT2D eigenvalue weighted by molar-refractivity contribution is 5.78. The molecule has 1 aromatic carbocycles. The molecular formula is C16H19NO3. The second-order valence-corrected chi connectivity index (χ2v) is 5.36. The van der Waals surface area contributed by atoms with Crippen LogP contribution in [0.5, 0.6) is 0 Å². The minimum Gasteiger partial charge on any atom is -0.458 e. The number of fused-ring (bicyclic) bond motifs is 1. The van der Waals surface area contributed by atoms with Gasteiger partial charge < -0.3 is 14.5 Å². The fourth-order valence-corrected chi connectivity index (χ4v) is 2.32. The third-order valence-electron chi connectivity index (χ3n) is 3.70. The van der Waals surface area contributed by atoms with Gasteiger partial charge >= 0.3 is 0 Å². The molecule has 1 atom stereocenters. The summed E-state index contributed by atoms with van der Waals surface area (Å²) < 4.78 is 11.2. The monoisotopic (exact) mass is 273 g/mol. The number of carbonyl (C=O) groups is 1. The van der Waals surface area contributed by atoms with E-state index in [1.807, 2.05) is 30.3 Å². The van der Waals surface area contributed by atoms with E-state index in [2.05, 4.69) is 5.32 Å². The van der Waals surface area contributed by atoms with Gasteiger partial charge in [-0.1, -0.05) is 18.2 Å². The van der Waals surface area contributed by atoms with Crippen LogP contribution in [0.4, 0.5) is 0 Å². The minimum absolute atomic E-state index is 0.102. The van der Waals surface area contributed by atoms with E-state index in [0.29, 0.717) is 18.9 Å². The molecule has 106 valence electrons. The maximum Gasteiger partial charge on any atom is 0.220 e. The highest BCUT2D eigenvalue weighted by Crippen LogP contribution is 2.32. The quantitative estimate of drug-likeness (QED) is 0.880. The SMILES string of the molecule is CO[C@H](CNC(=O)CC1CC1)c1cc2ccccc2o1. The first kappa shape index (κ1) is 13.2. The van der Waals surface area contributed by atoms with Crippen molar-refractivity contribution in [2.24, 2.45) is 5.92 Å². The Hall–Kier alpha value is -1.81. The maximum atomic E-state index is 11.7. The summed E-state index contributed by atoms with van der Waals surface area (Å²) in [6, 6.07) is 9.81. The molecule has 1 amide bonds. The number of ether oxygens (including phenoxy) is 1. The van der Waals surface area contributed by atoms with Gasteiger partial charge in [0.1, 0.15) is 17.4 Å². The fraction of sp³-hybridized carbons (Fsp3) is 0.438. The molecule has 1 heterocycles. The molecule has 0 saturated heterocycles. The van der Waals surface area contributed by atoms with Gasteiger partial charge in [0.15, 0.2) is 0 Å². The van der Waals surface area contributed by atoms with Gasteiger partial charge in [-0.3, -0.25) is 4.79 Å². The maximum absolute atomic E-state index is 11.7. The molecule has 0 unspecified atom stereocenters. The summed E-state index contributed by atoms with van der Waals surface area (Å²) in [4.78, 5) is 11.7. The number of carbonyl (C=O) groups excluding carboxylic acids is 1. The van der Waals surface area contributed by atoms with Crippen molar-refractivity contribution in [2.45, 2.75) is 25.4 Å². The average molecular weight is 273 g/mol. The van der Waals surface area contributed by atoms with Crippen LogP contribution in [-0.2, 0) is 9.53 Å². The van der Waals surface area contributed by atoms with Crippen LogP contribution in [0.25, 0.3) is 11.0 Å². The molecule has 0 spiro atoms. The smallest absolute Gasteiger partial charge is 0.220 e. The van der Waals surface area contributed by atoms with Crippen LogP contribution >= 0.6 is 0 Å². The molecule has 4 heteroatoms. The predicted octanol–water partition coefficient (Wildman–Crippen LogP) is 3.04. The van der Waals surface area contributed by atoms with E-state index < -0.39 is 0 Å². The van der Waals surface area contributed by atoms with Gasteiger partial charge in [0.25, 0.3) is 0 Å². The zero-order chi connectivity index (χ0) is 13.9. The third kappa shape index (κ3) is 3.02. The first-order valence-corrected chi connectivity index (χ1v) is 7.04. The highest BCUT2D eigenvalue weighted by Gasteiger charge is 2.25. The Labute approximate surface area is 118 Å². The Bertz CT molecular complexity index is 568. The van der Waals surface area contributed by atoms with Gasteiger partial charge in [-0.2, -0.15) is 0 Å². The van der Waals surface area contributed by atoms with Crippen LogP contribution in [0, 0.1) is 5.92 Å². The molecule has 1 aliphatic rings. The number of benzene rings is 1. The van der Waals surface area contributed by atoms with Crippen LogP contribution in [0.1, 0.15) is 31.1 Å². The van der Waals surface area contributed by atoms with E-state index in [-0.39, 0.29) is 12.0 Å². The topological polar surface area (TPSA) is 51.5 Å². The lowest BCUT2D eigenvalue weighted by atomic mass is 10.2. The molecule has 0 radical (unpaired) electrons. The molecule has 3 rings (SSSR count). The molecule has 1 N–H and O–H groups in total. The van der Waals surface area contributed by atoms with E-state index >= 15 is 0 Å². The number of hydrogen-bond donors (Lipinski definition) is 1. The van der Waals surface area contributed by atoms with Crippen LogP contribution < -0.4 is 5.32 Å². The van der Waals surface area contributed by atoms with Crippen molar-refractivity contribution in [1.82, 2.24) is 5.32 Å². The summed E-state index contributed by atoms with van der Waals surface area (Å²) >= 11 is 0. The second-order valence-electron chi connectivity index (χ2n) is 5.36. The molecule has 1 aromatic heterocycles. The summed E-state index contributed by atoms with van der Waals surface area (Å²) in [6.45, 7) is 0.446. The van der Waals surface area contributed by atoms with Crippen LogP contribution in [0.3, 0.4) is 0 Å². The van der Waals surface area contributed by atoms with Crippen LogP contribution in [0.2, 0.25) is 0 Å². The van der Waals surface area contributed by atoms with Crippen molar-refractivity contribution in [1.29, 1.82) is 0 Å². The number of hydrogen-bond acceptors (Lipinski definition) is 3. The zero-order valence-electron chi connectivity index (χ0n) is 11.6. The van der Waals surface area contributed by atoms with Gasteiger partial charge in [0.2, 0.25) is 5.91 Å². The summed E-state index contributed by atoms with van der Waals surface area (Å²) in [5.41, 5.74) is 0.842. The second kappa shape index (κ2) is 5.67. The Morgan fingerprint density at radius 1 is 1.45 bits per heavy atom. The van der Waals surface area contributed by atoms with E-state index in [0.717, 1.165) is 16.7 Å². The number of methoxy groups -OCH3 is 1. The summed E-state index contributed by atoms with van der Waals surface area (Å²) in [5.74, 6) is 1.45. The number of rotatable bonds is 6. The largest absolute Gasteiger partial charge is 0.458 e. The third-order valence-corrected chi connectivity index (χ3v) is 3.70. The molecular weight excluding hydrogens is 254 g/mol. The Kier molecular flexibility index (Phi) is 3.74. The first-order chi connectivity index (χ1) is 9.76. The Balaban J connectivity index is 1.64. The Morgan fingerprint density at radius 3 is 2.95 bits per heavy atom. The van der Waals surface area contributed by atoms with E-state index in [4.69, 9.17) is 9.15 Å². The van der Waals surface area contributed by atoms with Crippen LogP contribution in [-0.4, -0.2) is 19.6 Å². The highest BCUT2D eigenvalue weighted by atomic mass is 16.5. The van der Waals surface area contributed by atoms with Crippen molar-refractivity contribution >= 4 is 16.9 Å². The standard InChI is InChI=1S/C16H19NO3/c1-19-15(10-17-16(18)8-11-6-7-11)14-9-12-4-2-3-5-13(12)20-14/h2-5,9,11,15H,6-8,10H2,1H3,(H,17,18)/t15-/m1/s1. The molecule has 20 heavy (non-hydrogen) atoms. The van der Waals surface area contributed by atoms with Crippen molar-refractivity contribution in [3.63, 3.8) is 0 Å². The summed E-state index contributed by atoms with van der Waals surface area (Å²) in [7, 11) is 1.63. The normalized spacial score (nSPS) is 16.2. The number of furan rings is 1. The lowest BCUT2D eigenvalue weighted by Crippen LogP contribution is -2.29. The molecule has 1 saturated carbocycles. The minimum atomic E-state index is -0.245. The lowest BCUT2D eigenvalue weighted by molar-refractivity contribution is -0.122. The van der Waals surface area contributed by atoms with Crippen LogP contribution in [0.15, 0.2) is 34.7 Å². The van der Waals surface area contributed by atoms with Gasteiger partial charge in [-0.15, -0.1) is 0 Å². The first-order valence-electron chi connectivity index (χ1n) is 7.04. The zero-order valence-corrected chi connectivity index (χ0v) is 11.6.